The zero-order chi connectivity index (χ0) is 40.2. The number of fused-ring (bicyclic) bond motifs is 9. The van der Waals surface area contributed by atoms with E-state index in [4.69, 9.17) is 28.1 Å². The number of carbonyl (C=O) groups is 4. The second-order valence-electron chi connectivity index (χ2n) is 15.3. The molecule has 0 spiro atoms. The van der Waals surface area contributed by atoms with E-state index in [9.17, 15) is 24.3 Å². The Morgan fingerprint density at radius 3 is 1.96 bits per heavy atom. The standard InChI is InChI=1S/C39H51N3O11Si/c1-38(2,3)52-37(47)42-30-24-20-27(43)33(49-8)28(21-24)51-26-18-14-23(15-19-26)32(53-54(10,11)39(4,5)6)31(36(46)50-9)41-34(44)29(40-35(30)45)22-12-16-25(48-7)17-13-22/h12-21,29-32,43H,1-11H3,(H,40,45)(H,41,44)(H,42,47)/t29-,30-,31+,32-/m1/s1. The summed E-state index contributed by atoms with van der Waals surface area (Å²) in [5.41, 5.74) is -0.0151. The summed E-state index contributed by atoms with van der Waals surface area (Å²) in [5, 5.41) is 18.9. The highest BCUT2D eigenvalue weighted by atomic mass is 28.4. The Morgan fingerprint density at radius 1 is 0.815 bits per heavy atom. The highest BCUT2D eigenvalue weighted by molar-refractivity contribution is 6.74. The average Bonchev–Trinajstić information content (AvgIpc) is 3.09. The first-order valence-electron chi connectivity index (χ1n) is 17.4. The molecule has 0 unspecified atom stereocenters. The number of rotatable bonds is 7. The Labute approximate surface area is 316 Å². The van der Waals surface area contributed by atoms with Gasteiger partial charge in [-0.25, -0.2) is 9.59 Å². The van der Waals surface area contributed by atoms with Gasteiger partial charge in [-0.15, -0.1) is 0 Å². The van der Waals surface area contributed by atoms with Gasteiger partial charge in [0, 0.05) is 0 Å². The van der Waals surface area contributed by atoms with Crippen LogP contribution in [0.25, 0.3) is 0 Å². The van der Waals surface area contributed by atoms with Gasteiger partial charge in [0.05, 0.1) is 21.3 Å². The lowest BCUT2D eigenvalue weighted by atomic mass is 9.99. The first-order chi connectivity index (χ1) is 25.2. The van der Waals surface area contributed by atoms with Crippen LogP contribution in [0.2, 0.25) is 18.1 Å². The van der Waals surface area contributed by atoms with Gasteiger partial charge in [0.2, 0.25) is 17.6 Å². The number of methoxy groups -OCH3 is 3. The number of alkyl carbamates (subject to hydrolysis) is 1. The van der Waals surface area contributed by atoms with E-state index in [1.807, 2.05) is 33.9 Å². The monoisotopic (exact) mass is 765 g/mol. The quantitative estimate of drug-likeness (QED) is 0.155. The maximum atomic E-state index is 14.5. The normalized spacial score (nSPS) is 19.5. The molecule has 292 valence electrons. The molecule has 3 amide bonds. The number of amides is 3. The van der Waals surface area contributed by atoms with Crippen LogP contribution in [0.3, 0.4) is 0 Å². The van der Waals surface area contributed by atoms with Crippen molar-refractivity contribution in [2.45, 2.75) is 89.5 Å². The van der Waals surface area contributed by atoms with Gasteiger partial charge in [-0.1, -0.05) is 45.0 Å². The minimum Gasteiger partial charge on any atom is -0.504 e. The predicted molar refractivity (Wildman–Crippen MR) is 202 cm³/mol. The molecule has 4 bridgehead atoms. The summed E-state index contributed by atoms with van der Waals surface area (Å²) in [7, 11) is 1.39. The molecule has 4 N–H and O–H groups in total. The summed E-state index contributed by atoms with van der Waals surface area (Å²) >= 11 is 0. The van der Waals surface area contributed by atoms with E-state index in [1.54, 1.807) is 69.3 Å². The van der Waals surface area contributed by atoms with Gasteiger partial charge in [0.25, 0.3) is 0 Å². The Balaban J connectivity index is 1.98. The summed E-state index contributed by atoms with van der Waals surface area (Å²) in [4.78, 5) is 55.8. The van der Waals surface area contributed by atoms with Crippen LogP contribution in [0.5, 0.6) is 28.7 Å². The lowest BCUT2D eigenvalue weighted by Gasteiger charge is -2.41. The number of hydrogen-bond acceptors (Lipinski definition) is 11. The van der Waals surface area contributed by atoms with Crippen LogP contribution < -0.4 is 30.2 Å². The summed E-state index contributed by atoms with van der Waals surface area (Å²) in [5.74, 6) is -2.06. The van der Waals surface area contributed by atoms with Gasteiger partial charge in [-0.3, -0.25) is 9.59 Å². The molecule has 0 radical (unpaired) electrons. The van der Waals surface area contributed by atoms with Gasteiger partial charge in [-0.05, 0) is 92.0 Å². The van der Waals surface area contributed by atoms with Gasteiger partial charge in [-0.2, -0.15) is 0 Å². The van der Waals surface area contributed by atoms with Crippen LogP contribution in [0.4, 0.5) is 4.79 Å². The number of aromatic hydroxyl groups is 1. The second-order valence-corrected chi connectivity index (χ2v) is 20.1. The maximum Gasteiger partial charge on any atom is 0.408 e. The largest absolute Gasteiger partial charge is 0.504 e. The van der Waals surface area contributed by atoms with Crippen LogP contribution in [0.1, 0.15) is 76.4 Å². The first kappa shape index (κ1) is 41.5. The second kappa shape index (κ2) is 16.4. The Kier molecular flexibility index (Phi) is 12.6. The van der Waals surface area contributed by atoms with Gasteiger partial charge in [0.1, 0.15) is 35.3 Å². The Bertz CT molecular complexity index is 1830. The van der Waals surface area contributed by atoms with Crippen molar-refractivity contribution >= 4 is 32.2 Å². The van der Waals surface area contributed by atoms with Gasteiger partial charge >= 0.3 is 12.1 Å². The van der Waals surface area contributed by atoms with E-state index >= 15 is 0 Å². The molecule has 54 heavy (non-hydrogen) atoms. The summed E-state index contributed by atoms with van der Waals surface area (Å²) in [6.45, 7) is 15.2. The third-order valence-electron chi connectivity index (χ3n) is 9.24. The summed E-state index contributed by atoms with van der Waals surface area (Å²) < 4.78 is 34.5. The third kappa shape index (κ3) is 9.82. The van der Waals surface area contributed by atoms with Crippen molar-refractivity contribution in [1.29, 1.82) is 0 Å². The molecule has 3 aromatic carbocycles. The molecule has 0 saturated carbocycles. The van der Waals surface area contributed by atoms with Crippen molar-refractivity contribution in [3.63, 3.8) is 0 Å². The topological polar surface area (TPSA) is 180 Å². The number of hydrogen-bond donors (Lipinski definition) is 4. The highest BCUT2D eigenvalue weighted by Crippen LogP contribution is 2.43. The van der Waals surface area contributed by atoms with Crippen molar-refractivity contribution in [3.8, 4) is 28.7 Å². The highest BCUT2D eigenvalue weighted by Gasteiger charge is 2.44. The fraction of sp³-hybridized carbons (Fsp3) is 0.436. The molecule has 0 aliphatic carbocycles. The number of esters is 1. The van der Waals surface area contributed by atoms with E-state index in [-0.39, 0.29) is 27.9 Å². The first-order valence-corrected chi connectivity index (χ1v) is 20.3. The Morgan fingerprint density at radius 2 is 1.43 bits per heavy atom. The molecule has 5 rings (SSSR count). The molecule has 0 saturated heterocycles. The van der Waals surface area contributed by atoms with Crippen LogP contribution in [0.15, 0.2) is 60.7 Å². The number of nitrogens with one attached hydrogen (secondary N) is 3. The summed E-state index contributed by atoms with van der Waals surface area (Å²) in [6.07, 6.45) is -1.99. The van der Waals surface area contributed by atoms with E-state index in [0.717, 1.165) is 0 Å². The molecular formula is C39H51N3O11Si. The zero-order valence-electron chi connectivity index (χ0n) is 32.6. The fourth-order valence-electron chi connectivity index (χ4n) is 5.40. The minimum atomic E-state index is -2.65. The van der Waals surface area contributed by atoms with Crippen molar-refractivity contribution in [2.24, 2.45) is 0 Å². The van der Waals surface area contributed by atoms with E-state index < -0.39 is 62.0 Å². The number of phenolic OH excluding ortho intramolecular Hbond substituents is 1. The van der Waals surface area contributed by atoms with Crippen molar-refractivity contribution in [1.82, 2.24) is 16.0 Å². The smallest absolute Gasteiger partial charge is 0.408 e. The minimum absolute atomic E-state index is 0.0158. The average molecular weight is 766 g/mol. The van der Waals surface area contributed by atoms with Crippen molar-refractivity contribution in [2.75, 3.05) is 21.3 Å². The number of phenols is 1. The third-order valence-corrected chi connectivity index (χ3v) is 13.7. The zero-order valence-corrected chi connectivity index (χ0v) is 33.6. The number of carbonyl (C=O) groups excluding carboxylic acids is 4. The molecule has 0 fully saturated rings. The molecule has 2 aliphatic heterocycles. The van der Waals surface area contributed by atoms with Crippen LogP contribution in [-0.2, 0) is 28.3 Å². The van der Waals surface area contributed by atoms with Gasteiger partial charge in [0.15, 0.2) is 25.9 Å². The molecule has 14 nitrogen and oxygen atoms in total. The van der Waals surface area contributed by atoms with Crippen LogP contribution in [0, 0.1) is 0 Å². The molecule has 2 heterocycles. The molecule has 4 atom stereocenters. The number of benzene rings is 3. The van der Waals surface area contributed by atoms with Crippen LogP contribution in [-0.4, -0.2) is 70.3 Å². The molecular weight excluding hydrogens is 715 g/mol. The molecule has 2 aliphatic rings. The maximum absolute atomic E-state index is 14.5. The number of ether oxygens (including phenoxy) is 5. The lowest BCUT2D eigenvalue weighted by Crippen LogP contribution is -2.54. The van der Waals surface area contributed by atoms with E-state index in [2.05, 4.69) is 16.0 Å². The Hall–Kier alpha value is -5.28. The van der Waals surface area contributed by atoms with Crippen molar-refractivity contribution < 1.29 is 52.4 Å². The van der Waals surface area contributed by atoms with Crippen molar-refractivity contribution in [3.05, 3.63) is 77.4 Å². The van der Waals surface area contributed by atoms with E-state index in [1.165, 1.54) is 33.5 Å². The SMILES string of the molecule is COC(=O)[C@H]1NC(=O)[C@@H](c2ccc(OC)cc2)NC(=O)[C@H](NC(=O)OC(C)(C)C)c2cc(O)c(OC)c(c2)Oc2ccc(cc2)[C@H]1O[Si](C)(C)C(C)(C)C. The molecule has 3 aromatic rings. The fourth-order valence-corrected chi connectivity index (χ4v) is 6.66. The molecule has 0 aromatic heterocycles. The molecule has 15 heteroatoms. The van der Waals surface area contributed by atoms with Gasteiger partial charge < -0.3 is 49.2 Å². The summed E-state index contributed by atoms with van der Waals surface area (Å²) in [6, 6.07) is 11.3. The predicted octanol–water partition coefficient (Wildman–Crippen LogP) is 6.36. The lowest BCUT2D eigenvalue weighted by molar-refractivity contribution is -0.148. The van der Waals surface area contributed by atoms with Crippen LogP contribution >= 0.6 is 0 Å². The van der Waals surface area contributed by atoms with E-state index in [0.29, 0.717) is 22.6 Å².